The number of carbonyl (C=O) groups excluding carboxylic acids is 2. The van der Waals surface area contributed by atoms with Gasteiger partial charge in [0, 0.05) is 13.1 Å². The third kappa shape index (κ3) is 7.31. The Balaban J connectivity index is 2.32. The van der Waals surface area contributed by atoms with Crippen LogP contribution in [0.3, 0.4) is 0 Å². The molecular formula is C19H30N2O2. The van der Waals surface area contributed by atoms with E-state index in [0.29, 0.717) is 19.0 Å². The maximum absolute atomic E-state index is 11.9. The van der Waals surface area contributed by atoms with Crippen molar-refractivity contribution in [2.75, 3.05) is 13.1 Å². The smallest absolute Gasteiger partial charge is 0.309 e. The van der Waals surface area contributed by atoms with Crippen molar-refractivity contribution in [3.63, 3.8) is 0 Å². The third-order valence-corrected chi connectivity index (χ3v) is 4.24. The van der Waals surface area contributed by atoms with Gasteiger partial charge in [-0.2, -0.15) is 0 Å². The molecule has 1 aromatic rings. The van der Waals surface area contributed by atoms with Gasteiger partial charge in [0.2, 0.25) is 0 Å². The summed E-state index contributed by atoms with van der Waals surface area (Å²) in [5, 5.41) is 5.47. The van der Waals surface area contributed by atoms with Crippen LogP contribution < -0.4 is 10.6 Å². The van der Waals surface area contributed by atoms with Crippen molar-refractivity contribution in [2.45, 2.75) is 52.4 Å². The molecule has 0 bridgehead atoms. The summed E-state index contributed by atoms with van der Waals surface area (Å²) in [7, 11) is 0. The fraction of sp³-hybridized carbons (Fsp3) is 0.579. The highest BCUT2D eigenvalue weighted by molar-refractivity contribution is 6.35. The van der Waals surface area contributed by atoms with Crippen molar-refractivity contribution < 1.29 is 9.59 Å². The summed E-state index contributed by atoms with van der Waals surface area (Å²) >= 11 is 0. The lowest BCUT2D eigenvalue weighted by atomic mass is 9.99. The van der Waals surface area contributed by atoms with Gasteiger partial charge in [-0.25, -0.2) is 0 Å². The molecule has 0 unspecified atom stereocenters. The van der Waals surface area contributed by atoms with Crippen LogP contribution in [0.1, 0.15) is 57.9 Å². The molecule has 2 N–H and O–H groups in total. The highest BCUT2D eigenvalue weighted by Gasteiger charge is 2.16. The van der Waals surface area contributed by atoms with Crippen LogP contribution in [0, 0.1) is 5.92 Å². The van der Waals surface area contributed by atoms with Gasteiger partial charge in [-0.3, -0.25) is 9.59 Å². The molecule has 0 saturated carbocycles. The van der Waals surface area contributed by atoms with Crippen LogP contribution in [0.15, 0.2) is 30.3 Å². The van der Waals surface area contributed by atoms with Gasteiger partial charge in [0.05, 0.1) is 0 Å². The van der Waals surface area contributed by atoms with E-state index in [1.165, 1.54) is 0 Å². The number of hydrogen-bond acceptors (Lipinski definition) is 2. The zero-order valence-corrected chi connectivity index (χ0v) is 14.6. The number of unbranched alkanes of at least 4 members (excludes halogenated alkanes) is 1. The van der Waals surface area contributed by atoms with Gasteiger partial charge < -0.3 is 10.6 Å². The highest BCUT2D eigenvalue weighted by Crippen LogP contribution is 2.13. The van der Waals surface area contributed by atoms with E-state index < -0.39 is 11.8 Å². The Hall–Kier alpha value is -1.84. The van der Waals surface area contributed by atoms with E-state index in [0.717, 1.165) is 31.2 Å². The molecule has 0 aliphatic carbocycles. The van der Waals surface area contributed by atoms with E-state index >= 15 is 0 Å². The Morgan fingerprint density at radius 1 is 1.00 bits per heavy atom. The summed E-state index contributed by atoms with van der Waals surface area (Å²) in [5.41, 5.74) is 1.15. The molecule has 23 heavy (non-hydrogen) atoms. The summed E-state index contributed by atoms with van der Waals surface area (Å²) in [6.45, 7) is 7.35. The molecule has 2 amide bonds. The first-order valence-electron chi connectivity index (χ1n) is 8.69. The minimum Gasteiger partial charge on any atom is -0.348 e. The molecule has 0 spiro atoms. The largest absolute Gasteiger partial charge is 0.348 e. The third-order valence-electron chi connectivity index (χ3n) is 4.24. The van der Waals surface area contributed by atoms with Crippen LogP contribution >= 0.6 is 0 Å². The van der Waals surface area contributed by atoms with Crippen molar-refractivity contribution in [1.82, 2.24) is 10.6 Å². The van der Waals surface area contributed by atoms with Crippen LogP contribution in [-0.2, 0) is 9.59 Å². The van der Waals surface area contributed by atoms with Crippen LogP contribution in [0.5, 0.6) is 0 Å². The summed E-state index contributed by atoms with van der Waals surface area (Å²) in [4.78, 5) is 23.7. The Labute approximate surface area is 140 Å². The normalized spacial score (nSPS) is 13.2. The summed E-state index contributed by atoms with van der Waals surface area (Å²) in [6, 6.07) is 9.96. The second-order valence-corrected chi connectivity index (χ2v) is 6.15. The summed E-state index contributed by atoms with van der Waals surface area (Å²) in [5.74, 6) is -0.436. The molecule has 0 radical (unpaired) electrons. The Morgan fingerprint density at radius 2 is 1.61 bits per heavy atom. The fourth-order valence-electron chi connectivity index (χ4n) is 2.49. The molecule has 0 aliphatic heterocycles. The SMILES string of the molecule is CCCC[C@@H](CC)CNC(=O)C(=O)NC[C@@H](C)c1ccccc1. The average molecular weight is 318 g/mol. The van der Waals surface area contributed by atoms with E-state index in [1.807, 2.05) is 37.3 Å². The lowest BCUT2D eigenvalue weighted by molar-refractivity contribution is -0.139. The van der Waals surface area contributed by atoms with Crippen molar-refractivity contribution in [3.8, 4) is 0 Å². The van der Waals surface area contributed by atoms with Crippen molar-refractivity contribution in [3.05, 3.63) is 35.9 Å². The van der Waals surface area contributed by atoms with Crippen molar-refractivity contribution in [2.24, 2.45) is 5.92 Å². The maximum atomic E-state index is 11.9. The first kappa shape index (κ1) is 19.2. The molecule has 1 rings (SSSR count). The van der Waals surface area contributed by atoms with Gasteiger partial charge in [-0.15, -0.1) is 0 Å². The minimum atomic E-state index is -0.543. The molecule has 0 heterocycles. The van der Waals surface area contributed by atoms with Gasteiger partial charge in [0.1, 0.15) is 0 Å². The first-order valence-corrected chi connectivity index (χ1v) is 8.69. The van der Waals surface area contributed by atoms with Crippen molar-refractivity contribution in [1.29, 1.82) is 0 Å². The molecule has 2 atom stereocenters. The van der Waals surface area contributed by atoms with E-state index in [2.05, 4.69) is 24.5 Å². The average Bonchev–Trinajstić information content (AvgIpc) is 2.60. The van der Waals surface area contributed by atoms with Crippen molar-refractivity contribution >= 4 is 11.8 Å². The van der Waals surface area contributed by atoms with Crippen LogP contribution in [0.2, 0.25) is 0 Å². The number of rotatable bonds is 9. The first-order chi connectivity index (χ1) is 11.1. The Bertz CT molecular complexity index is 474. The van der Waals surface area contributed by atoms with Crippen LogP contribution in [0.25, 0.3) is 0 Å². The van der Waals surface area contributed by atoms with Gasteiger partial charge >= 0.3 is 11.8 Å². The second-order valence-electron chi connectivity index (χ2n) is 6.15. The standard InChI is InChI=1S/C19H30N2O2/c1-4-6-10-16(5-2)14-21-19(23)18(22)20-13-15(3)17-11-8-7-9-12-17/h7-9,11-12,15-16H,4-6,10,13-14H2,1-3H3,(H,20,22)(H,21,23)/t15-,16-/m1/s1. The Kier molecular flexibility index (Phi) is 9.03. The van der Waals surface area contributed by atoms with E-state index in [9.17, 15) is 9.59 Å². The topological polar surface area (TPSA) is 58.2 Å². The molecule has 128 valence electrons. The fourth-order valence-corrected chi connectivity index (χ4v) is 2.49. The number of carbonyl (C=O) groups is 2. The maximum Gasteiger partial charge on any atom is 0.309 e. The molecule has 0 saturated heterocycles. The molecule has 1 aromatic carbocycles. The van der Waals surface area contributed by atoms with Crippen LogP contribution in [0.4, 0.5) is 0 Å². The predicted molar refractivity (Wildman–Crippen MR) is 94.2 cm³/mol. The van der Waals surface area contributed by atoms with E-state index in [1.54, 1.807) is 0 Å². The Morgan fingerprint density at radius 3 is 2.17 bits per heavy atom. The molecular weight excluding hydrogens is 288 g/mol. The van der Waals surface area contributed by atoms with Gasteiger partial charge in [0.25, 0.3) is 0 Å². The van der Waals surface area contributed by atoms with Gasteiger partial charge in [-0.05, 0) is 23.8 Å². The number of nitrogens with one attached hydrogen (secondary N) is 2. The lowest BCUT2D eigenvalue weighted by Crippen LogP contribution is -2.42. The van der Waals surface area contributed by atoms with E-state index in [-0.39, 0.29) is 5.92 Å². The summed E-state index contributed by atoms with van der Waals surface area (Å²) in [6.07, 6.45) is 4.43. The zero-order valence-electron chi connectivity index (χ0n) is 14.6. The molecule has 4 heteroatoms. The van der Waals surface area contributed by atoms with Gasteiger partial charge in [0.15, 0.2) is 0 Å². The number of hydrogen-bond donors (Lipinski definition) is 2. The molecule has 0 aromatic heterocycles. The monoisotopic (exact) mass is 318 g/mol. The van der Waals surface area contributed by atoms with E-state index in [4.69, 9.17) is 0 Å². The van der Waals surface area contributed by atoms with Crippen LogP contribution in [-0.4, -0.2) is 24.9 Å². The quantitative estimate of drug-likeness (QED) is 0.687. The molecule has 4 nitrogen and oxygen atoms in total. The molecule has 0 aliphatic rings. The lowest BCUT2D eigenvalue weighted by Gasteiger charge is -2.16. The number of benzene rings is 1. The number of amides is 2. The highest BCUT2D eigenvalue weighted by atomic mass is 16.2. The molecule has 0 fully saturated rings. The predicted octanol–water partition coefficient (Wildman–Crippen LogP) is 3.24. The minimum absolute atomic E-state index is 0.181. The zero-order chi connectivity index (χ0) is 17.1. The van der Waals surface area contributed by atoms with Gasteiger partial charge in [-0.1, -0.05) is 70.4 Å². The second kappa shape index (κ2) is 10.8. The summed E-state index contributed by atoms with van der Waals surface area (Å²) < 4.78 is 0.